The Hall–Kier alpha value is -4.25. The molecule has 3 aromatic carbocycles. The van der Waals surface area contributed by atoms with Gasteiger partial charge in [0.25, 0.3) is 0 Å². The third kappa shape index (κ3) is 5.15. The van der Waals surface area contributed by atoms with Gasteiger partial charge in [0.15, 0.2) is 5.78 Å². The first-order valence-electron chi connectivity index (χ1n) is 10.8. The largest absolute Gasteiger partial charge is 0.384 e. The van der Waals surface area contributed by atoms with Crippen LogP contribution in [0.15, 0.2) is 90.0 Å². The van der Waals surface area contributed by atoms with Gasteiger partial charge in [-0.05, 0) is 47.6 Å². The number of carbonyl (C=O) groups is 1. The van der Waals surface area contributed by atoms with Crippen molar-refractivity contribution in [3.8, 4) is 0 Å². The summed E-state index contributed by atoms with van der Waals surface area (Å²) >= 11 is 0. The number of hydrogen-bond donors (Lipinski definition) is 4. The van der Waals surface area contributed by atoms with Gasteiger partial charge in [-0.15, -0.1) is 0 Å². The van der Waals surface area contributed by atoms with Gasteiger partial charge in [0.1, 0.15) is 11.7 Å². The fourth-order valence-corrected chi connectivity index (χ4v) is 4.12. The van der Waals surface area contributed by atoms with E-state index in [1.807, 2.05) is 54.6 Å². The van der Waals surface area contributed by atoms with E-state index in [4.69, 9.17) is 22.3 Å². The number of nitrogens with two attached hydrogens (primary N) is 2. The molecule has 1 aliphatic carbocycles. The molecule has 0 bridgehead atoms. The summed E-state index contributed by atoms with van der Waals surface area (Å²) in [6, 6.07) is 25.0. The lowest BCUT2D eigenvalue weighted by molar-refractivity contribution is -0.113. The Bertz CT molecular complexity index is 1170. The van der Waals surface area contributed by atoms with E-state index < -0.39 is 0 Å². The third-order valence-corrected chi connectivity index (χ3v) is 5.91. The van der Waals surface area contributed by atoms with E-state index in [0.717, 1.165) is 22.3 Å². The van der Waals surface area contributed by atoms with Crippen molar-refractivity contribution in [2.75, 3.05) is 0 Å². The molecule has 5 nitrogen and oxygen atoms in total. The minimum absolute atomic E-state index is 0.0214. The molecule has 1 aliphatic rings. The van der Waals surface area contributed by atoms with Crippen LogP contribution in [0.1, 0.15) is 46.6 Å². The van der Waals surface area contributed by atoms with E-state index in [2.05, 4.69) is 12.1 Å². The minimum Gasteiger partial charge on any atom is -0.384 e. The van der Waals surface area contributed by atoms with Gasteiger partial charge in [-0.1, -0.05) is 78.9 Å². The highest BCUT2D eigenvalue weighted by atomic mass is 16.1. The van der Waals surface area contributed by atoms with Crippen LogP contribution >= 0.6 is 0 Å². The molecule has 0 saturated heterocycles. The highest BCUT2D eigenvalue weighted by Gasteiger charge is 2.28. The molecule has 0 amide bonds. The van der Waals surface area contributed by atoms with Crippen molar-refractivity contribution in [2.24, 2.45) is 11.5 Å². The minimum atomic E-state index is 0.0214. The normalized spacial score (nSPS) is 18.4. The molecule has 33 heavy (non-hydrogen) atoms. The van der Waals surface area contributed by atoms with E-state index in [1.165, 1.54) is 5.56 Å². The van der Waals surface area contributed by atoms with Crippen LogP contribution in [0.4, 0.5) is 0 Å². The first-order valence-corrected chi connectivity index (χ1v) is 10.8. The molecule has 0 unspecified atom stereocenters. The predicted molar refractivity (Wildman–Crippen MR) is 134 cm³/mol. The molecule has 4 rings (SSSR count). The van der Waals surface area contributed by atoms with Crippen molar-refractivity contribution < 1.29 is 4.79 Å². The lowest BCUT2D eigenvalue weighted by Gasteiger charge is -2.26. The number of nitrogens with one attached hydrogen (secondary N) is 2. The van der Waals surface area contributed by atoms with Crippen molar-refractivity contribution in [1.29, 1.82) is 10.8 Å². The number of carbonyl (C=O) groups excluding carboxylic acids is 1. The summed E-state index contributed by atoms with van der Waals surface area (Å²) in [5.74, 6) is 0.295. The van der Waals surface area contributed by atoms with Crippen molar-refractivity contribution in [1.82, 2.24) is 0 Å². The van der Waals surface area contributed by atoms with Crippen molar-refractivity contribution >= 4 is 29.6 Å². The Morgan fingerprint density at radius 2 is 1.12 bits per heavy atom. The average molecular weight is 435 g/mol. The number of amidine groups is 2. The Balaban J connectivity index is 1.70. The fraction of sp³-hybridized carbons (Fsp3) is 0.107. The van der Waals surface area contributed by atoms with Crippen LogP contribution in [-0.2, 0) is 4.79 Å². The molecule has 0 heterocycles. The molecule has 0 aromatic heterocycles. The van der Waals surface area contributed by atoms with Crippen molar-refractivity contribution in [2.45, 2.75) is 18.8 Å². The quantitative estimate of drug-likeness (QED) is 0.261. The number of Topliss-reactive ketones (excluding diaryl/α,β-unsaturated/α-hetero) is 1. The molecule has 6 N–H and O–H groups in total. The summed E-state index contributed by atoms with van der Waals surface area (Å²) in [4.78, 5) is 13.4. The Morgan fingerprint density at radius 1 is 0.697 bits per heavy atom. The zero-order valence-corrected chi connectivity index (χ0v) is 18.2. The Labute approximate surface area is 193 Å². The molecule has 0 aliphatic heterocycles. The predicted octanol–water partition coefficient (Wildman–Crippen LogP) is 4.87. The van der Waals surface area contributed by atoms with Crippen LogP contribution in [0.5, 0.6) is 0 Å². The summed E-state index contributed by atoms with van der Waals surface area (Å²) < 4.78 is 0. The molecule has 0 radical (unpaired) electrons. The zero-order chi connectivity index (χ0) is 23.4. The second-order valence-corrected chi connectivity index (χ2v) is 8.26. The lowest BCUT2D eigenvalue weighted by Crippen LogP contribution is -2.19. The molecule has 0 atom stereocenters. The van der Waals surface area contributed by atoms with Gasteiger partial charge < -0.3 is 11.5 Å². The molecular formula is C28H26N4O. The second kappa shape index (κ2) is 9.49. The second-order valence-electron chi connectivity index (χ2n) is 8.26. The topological polar surface area (TPSA) is 117 Å². The summed E-state index contributed by atoms with van der Waals surface area (Å²) in [5, 5.41) is 15.1. The van der Waals surface area contributed by atoms with Crippen LogP contribution in [0.2, 0.25) is 0 Å². The summed E-state index contributed by atoms with van der Waals surface area (Å²) in [6.45, 7) is 0. The molecule has 1 fully saturated rings. The maximum absolute atomic E-state index is 13.4. The number of allylic oxidation sites excluding steroid dienone is 2. The van der Waals surface area contributed by atoms with Crippen molar-refractivity contribution in [3.63, 3.8) is 0 Å². The van der Waals surface area contributed by atoms with Gasteiger partial charge in [0, 0.05) is 22.3 Å². The van der Waals surface area contributed by atoms with Gasteiger partial charge in [-0.2, -0.15) is 0 Å². The number of benzene rings is 3. The maximum Gasteiger partial charge on any atom is 0.185 e. The monoisotopic (exact) mass is 434 g/mol. The molecule has 0 spiro atoms. The molecular weight excluding hydrogens is 408 g/mol. The van der Waals surface area contributed by atoms with Gasteiger partial charge in [0.2, 0.25) is 0 Å². The number of ketones is 1. The SMILES string of the molecule is N=C(N)c1ccc(/C=C2/CC(c3ccccc3)C/C(=C/c3ccc(C(=N)N)cc3)C2=O)cc1. The summed E-state index contributed by atoms with van der Waals surface area (Å²) in [6.07, 6.45) is 5.21. The molecule has 5 heteroatoms. The molecule has 164 valence electrons. The third-order valence-electron chi connectivity index (χ3n) is 5.91. The van der Waals surface area contributed by atoms with Crippen LogP contribution in [-0.4, -0.2) is 17.5 Å². The van der Waals surface area contributed by atoms with Gasteiger partial charge in [-0.25, -0.2) is 0 Å². The highest BCUT2D eigenvalue weighted by Crippen LogP contribution is 2.38. The van der Waals surface area contributed by atoms with E-state index >= 15 is 0 Å². The van der Waals surface area contributed by atoms with Gasteiger partial charge in [-0.3, -0.25) is 15.6 Å². The Morgan fingerprint density at radius 3 is 1.52 bits per heavy atom. The highest BCUT2D eigenvalue weighted by molar-refractivity contribution is 6.14. The van der Waals surface area contributed by atoms with Crippen LogP contribution in [0.3, 0.4) is 0 Å². The smallest absolute Gasteiger partial charge is 0.185 e. The summed E-state index contributed by atoms with van der Waals surface area (Å²) in [5.41, 5.74) is 17.0. The van der Waals surface area contributed by atoms with E-state index in [1.54, 1.807) is 24.3 Å². The number of nitrogen functional groups attached to an aromatic ring is 2. The zero-order valence-electron chi connectivity index (χ0n) is 18.2. The lowest BCUT2D eigenvalue weighted by atomic mass is 9.76. The summed E-state index contributed by atoms with van der Waals surface area (Å²) in [7, 11) is 0. The first kappa shape index (κ1) is 22.0. The van der Waals surface area contributed by atoms with E-state index in [-0.39, 0.29) is 23.4 Å². The Kier molecular flexibility index (Phi) is 6.31. The number of rotatable bonds is 5. The number of hydrogen-bond acceptors (Lipinski definition) is 3. The van der Waals surface area contributed by atoms with Crippen LogP contribution in [0, 0.1) is 10.8 Å². The van der Waals surface area contributed by atoms with E-state index in [9.17, 15) is 4.79 Å². The van der Waals surface area contributed by atoms with Gasteiger partial charge >= 0.3 is 0 Å². The average Bonchev–Trinajstić information content (AvgIpc) is 2.82. The van der Waals surface area contributed by atoms with Crippen LogP contribution in [0.25, 0.3) is 12.2 Å². The molecule has 3 aromatic rings. The van der Waals surface area contributed by atoms with Gasteiger partial charge in [0.05, 0.1) is 0 Å². The van der Waals surface area contributed by atoms with E-state index in [0.29, 0.717) is 24.0 Å². The first-order chi connectivity index (χ1) is 15.9. The standard InChI is InChI=1S/C28H26N4O/c29-27(30)21-10-6-18(7-11-21)14-24-16-23(20-4-2-1-3-5-20)17-25(26(24)33)15-19-8-12-22(13-9-19)28(31)32/h1-15,23H,16-17H2,(H3,29,30)(H3,31,32)/b24-14-,25-15-. The molecule has 1 saturated carbocycles. The maximum atomic E-state index is 13.4. The van der Waals surface area contributed by atoms with Crippen molar-refractivity contribution in [3.05, 3.63) is 118 Å². The van der Waals surface area contributed by atoms with Crippen LogP contribution < -0.4 is 11.5 Å². The fourth-order valence-electron chi connectivity index (χ4n) is 4.12.